The molecule has 0 amide bonds. The van der Waals surface area contributed by atoms with Crippen LogP contribution in [-0.2, 0) is 14.2 Å². The molecule has 4 heterocycles. The number of rotatable bonds is 4. The Hall–Kier alpha value is -3.66. The molecule has 0 spiro atoms. The standard InChI is InChI=1S/C28H30N2O8/c1-5-34-26(31)16-9-17(14(3)29-13(16)2)27(32)37-22-8-15-6-7-30(4)24(15)23-18-10-20-21(36-12-35-20)11-19(18)28(33)38-25(22)23/h9-11,15,22-25H,5-8,12H2,1-4H3/t15-,22+,23+,24-,25+/m1/s1. The zero-order chi connectivity index (χ0) is 26.7. The molecular formula is C28H30N2O8. The molecule has 0 unspecified atom stereocenters. The quantitative estimate of drug-likeness (QED) is 0.438. The number of ether oxygens (including phenoxy) is 5. The first kappa shape index (κ1) is 24.7. The van der Waals surface area contributed by atoms with Crippen molar-refractivity contribution in [2.45, 2.75) is 57.8 Å². The molecule has 1 aromatic carbocycles. The lowest BCUT2D eigenvalue weighted by Gasteiger charge is -2.48. The van der Waals surface area contributed by atoms with Crippen LogP contribution in [0.4, 0.5) is 0 Å². The van der Waals surface area contributed by atoms with Gasteiger partial charge in [-0.15, -0.1) is 0 Å². The summed E-state index contributed by atoms with van der Waals surface area (Å²) in [6, 6.07) is 5.17. The van der Waals surface area contributed by atoms with E-state index < -0.39 is 30.1 Å². The molecule has 1 saturated heterocycles. The summed E-state index contributed by atoms with van der Waals surface area (Å²) >= 11 is 0. The fraction of sp³-hybridized carbons (Fsp3) is 0.500. The molecule has 4 aliphatic rings. The van der Waals surface area contributed by atoms with Crippen LogP contribution in [0, 0.1) is 19.8 Å². The highest BCUT2D eigenvalue weighted by Crippen LogP contribution is 2.51. The van der Waals surface area contributed by atoms with Crippen LogP contribution in [0.2, 0.25) is 0 Å². The molecule has 2 fully saturated rings. The Morgan fingerprint density at radius 2 is 1.79 bits per heavy atom. The van der Waals surface area contributed by atoms with Crippen molar-refractivity contribution in [3.05, 3.63) is 51.8 Å². The molecule has 1 aromatic heterocycles. The van der Waals surface area contributed by atoms with E-state index >= 15 is 0 Å². The van der Waals surface area contributed by atoms with Crippen LogP contribution in [0.25, 0.3) is 0 Å². The predicted octanol–water partition coefficient (Wildman–Crippen LogP) is 3.18. The highest BCUT2D eigenvalue weighted by Gasteiger charge is 2.55. The lowest BCUT2D eigenvalue weighted by atomic mass is 9.69. The van der Waals surface area contributed by atoms with Gasteiger partial charge < -0.3 is 28.6 Å². The van der Waals surface area contributed by atoms with Crippen LogP contribution in [0.15, 0.2) is 18.2 Å². The summed E-state index contributed by atoms with van der Waals surface area (Å²) in [5, 5.41) is 0. The topological polar surface area (TPSA) is 113 Å². The fourth-order valence-electron chi connectivity index (χ4n) is 6.50. The van der Waals surface area contributed by atoms with Crippen LogP contribution in [0.5, 0.6) is 11.5 Å². The summed E-state index contributed by atoms with van der Waals surface area (Å²) in [6.07, 6.45) is 0.196. The summed E-state index contributed by atoms with van der Waals surface area (Å²) in [7, 11) is 2.08. The second kappa shape index (κ2) is 9.27. The molecule has 3 aliphatic heterocycles. The second-order valence-electron chi connectivity index (χ2n) is 10.4. The van der Waals surface area contributed by atoms with E-state index in [9.17, 15) is 14.4 Å². The van der Waals surface area contributed by atoms with Crippen LogP contribution >= 0.6 is 0 Å². The largest absolute Gasteiger partial charge is 0.462 e. The highest BCUT2D eigenvalue weighted by atomic mass is 16.7. The van der Waals surface area contributed by atoms with E-state index in [4.69, 9.17) is 23.7 Å². The van der Waals surface area contributed by atoms with Crippen molar-refractivity contribution < 1.29 is 38.1 Å². The Morgan fingerprint density at radius 1 is 1.08 bits per heavy atom. The van der Waals surface area contributed by atoms with E-state index in [1.54, 1.807) is 26.8 Å². The van der Waals surface area contributed by atoms with Crippen LogP contribution in [0.3, 0.4) is 0 Å². The van der Waals surface area contributed by atoms with Gasteiger partial charge in [-0.25, -0.2) is 14.4 Å². The molecule has 10 nitrogen and oxygen atoms in total. The fourth-order valence-corrected chi connectivity index (χ4v) is 6.50. The van der Waals surface area contributed by atoms with Gasteiger partial charge >= 0.3 is 17.9 Å². The number of carbonyl (C=O) groups excluding carboxylic acids is 3. The Balaban J connectivity index is 1.35. The summed E-state index contributed by atoms with van der Waals surface area (Å²) in [5.74, 6) is -0.456. The van der Waals surface area contributed by atoms with Crippen LogP contribution in [0.1, 0.15) is 73.7 Å². The molecule has 10 heteroatoms. The van der Waals surface area contributed by atoms with Gasteiger partial charge in [0.1, 0.15) is 12.2 Å². The van der Waals surface area contributed by atoms with Crippen molar-refractivity contribution in [3.63, 3.8) is 0 Å². The highest BCUT2D eigenvalue weighted by molar-refractivity contribution is 5.97. The number of pyridine rings is 1. The molecule has 1 saturated carbocycles. The van der Waals surface area contributed by atoms with E-state index in [1.165, 1.54) is 6.07 Å². The molecule has 6 rings (SSSR count). The Bertz CT molecular complexity index is 1340. The summed E-state index contributed by atoms with van der Waals surface area (Å²) in [4.78, 5) is 45.8. The number of likely N-dealkylation sites (tertiary alicyclic amines) is 1. The zero-order valence-corrected chi connectivity index (χ0v) is 21.8. The summed E-state index contributed by atoms with van der Waals surface area (Å²) < 4.78 is 28.3. The van der Waals surface area contributed by atoms with Gasteiger partial charge in [-0.2, -0.15) is 0 Å². The van der Waals surface area contributed by atoms with Crippen LogP contribution in [-0.4, -0.2) is 73.0 Å². The van der Waals surface area contributed by atoms with Gasteiger partial charge in [0.2, 0.25) is 6.79 Å². The number of aryl methyl sites for hydroxylation is 2. The van der Waals surface area contributed by atoms with Gasteiger partial charge in [0, 0.05) is 12.0 Å². The molecule has 2 aromatic rings. The number of fused-ring (bicyclic) bond motifs is 6. The Kier molecular flexibility index (Phi) is 6.02. The van der Waals surface area contributed by atoms with E-state index in [2.05, 4.69) is 16.9 Å². The molecule has 0 bridgehead atoms. The van der Waals surface area contributed by atoms with Crippen molar-refractivity contribution in [2.24, 2.45) is 5.92 Å². The van der Waals surface area contributed by atoms with Gasteiger partial charge in [0.05, 0.1) is 34.7 Å². The number of nitrogens with zero attached hydrogens (tertiary/aromatic N) is 2. The smallest absolute Gasteiger partial charge is 0.340 e. The van der Waals surface area contributed by atoms with Crippen molar-refractivity contribution in [1.29, 1.82) is 0 Å². The van der Waals surface area contributed by atoms with Crippen LogP contribution < -0.4 is 9.47 Å². The zero-order valence-electron chi connectivity index (χ0n) is 21.8. The molecule has 1 aliphatic carbocycles. The normalized spacial score (nSPS) is 27.2. The Morgan fingerprint density at radius 3 is 2.53 bits per heavy atom. The predicted molar refractivity (Wildman–Crippen MR) is 133 cm³/mol. The monoisotopic (exact) mass is 522 g/mol. The molecular weight excluding hydrogens is 492 g/mol. The third-order valence-corrected chi connectivity index (χ3v) is 8.21. The number of likely N-dealkylation sites (N-methyl/N-ethyl adjacent to an activating group) is 1. The minimum Gasteiger partial charge on any atom is -0.462 e. The lowest BCUT2D eigenvalue weighted by molar-refractivity contribution is -0.0866. The minimum atomic E-state index is -0.663. The van der Waals surface area contributed by atoms with Crippen molar-refractivity contribution >= 4 is 17.9 Å². The van der Waals surface area contributed by atoms with Crippen molar-refractivity contribution in [1.82, 2.24) is 9.88 Å². The molecule has 5 atom stereocenters. The molecule has 200 valence electrons. The maximum atomic E-state index is 13.5. The maximum Gasteiger partial charge on any atom is 0.340 e. The number of aromatic nitrogens is 1. The average molecular weight is 523 g/mol. The van der Waals surface area contributed by atoms with Gasteiger partial charge in [0.15, 0.2) is 11.5 Å². The molecule has 38 heavy (non-hydrogen) atoms. The minimum absolute atomic E-state index is 0.102. The third-order valence-electron chi connectivity index (χ3n) is 8.21. The average Bonchev–Trinajstić information content (AvgIpc) is 3.49. The summed E-state index contributed by atoms with van der Waals surface area (Å²) in [6.45, 7) is 6.32. The van der Waals surface area contributed by atoms with Crippen molar-refractivity contribution in [3.8, 4) is 11.5 Å². The molecule has 0 N–H and O–H groups in total. The number of benzene rings is 1. The van der Waals surface area contributed by atoms with E-state index in [0.717, 1.165) is 18.5 Å². The van der Waals surface area contributed by atoms with E-state index in [0.29, 0.717) is 34.9 Å². The number of hydrogen-bond acceptors (Lipinski definition) is 10. The number of carbonyl (C=O) groups is 3. The van der Waals surface area contributed by atoms with Gasteiger partial charge in [-0.05, 0) is 76.9 Å². The van der Waals surface area contributed by atoms with Gasteiger partial charge in [-0.3, -0.25) is 4.98 Å². The Labute approximate surface area is 220 Å². The van der Waals surface area contributed by atoms with E-state index in [1.807, 2.05) is 6.07 Å². The van der Waals surface area contributed by atoms with Crippen molar-refractivity contribution in [2.75, 3.05) is 27.0 Å². The summed E-state index contributed by atoms with van der Waals surface area (Å²) in [5.41, 5.74) is 2.62. The van der Waals surface area contributed by atoms with Gasteiger partial charge in [0.25, 0.3) is 0 Å². The maximum absolute atomic E-state index is 13.5. The lowest BCUT2D eigenvalue weighted by Crippen LogP contribution is -2.55. The van der Waals surface area contributed by atoms with Gasteiger partial charge in [-0.1, -0.05) is 0 Å². The number of hydrogen-bond donors (Lipinski definition) is 0. The van der Waals surface area contributed by atoms with E-state index in [-0.39, 0.29) is 42.4 Å². The third kappa shape index (κ3) is 3.89. The molecule has 0 radical (unpaired) electrons. The first-order chi connectivity index (χ1) is 18.3. The number of esters is 3. The second-order valence-corrected chi connectivity index (χ2v) is 10.4. The first-order valence-corrected chi connectivity index (χ1v) is 13.0. The SMILES string of the molecule is CCOC(=O)c1cc(C(=O)O[C@H]2C[C@H]3CCN(C)[C@H]3[C@@H]3c4cc5c(cc4C(=O)O[C@H]32)OCO5)c(C)nc1C. The first-order valence-electron chi connectivity index (χ1n) is 13.0.